The summed E-state index contributed by atoms with van der Waals surface area (Å²) in [5, 5.41) is 5.39. The second-order valence-corrected chi connectivity index (χ2v) is 13.2. The first-order valence-corrected chi connectivity index (χ1v) is 17.9. The van der Waals surface area contributed by atoms with E-state index in [4.69, 9.17) is 14.6 Å². The molecule has 6 rings (SSSR count). The first-order chi connectivity index (χ1) is 24.9. The van der Waals surface area contributed by atoms with Gasteiger partial charge in [-0.25, -0.2) is 14.9 Å². The predicted molar refractivity (Wildman–Crippen MR) is 204 cm³/mol. The van der Waals surface area contributed by atoms with Gasteiger partial charge in [0.05, 0.1) is 25.0 Å². The molecule has 258 valence electrons. The van der Waals surface area contributed by atoms with Crippen LogP contribution < -0.4 is 5.32 Å². The fraction of sp³-hybridized carbons (Fsp3) is 0.186. The van der Waals surface area contributed by atoms with E-state index in [2.05, 4.69) is 41.7 Å². The van der Waals surface area contributed by atoms with Gasteiger partial charge in [0.1, 0.15) is 11.4 Å². The topological polar surface area (TPSA) is 80.2 Å². The number of hydroxylamine groups is 2. The summed E-state index contributed by atoms with van der Waals surface area (Å²) in [5.41, 5.74) is 4.90. The zero-order valence-corrected chi connectivity index (χ0v) is 29.9. The van der Waals surface area contributed by atoms with Crippen molar-refractivity contribution in [3.63, 3.8) is 0 Å². The highest BCUT2D eigenvalue weighted by Gasteiger charge is 2.38. The number of fused-ring (bicyclic) bond motifs is 1. The number of hydrogen-bond donors (Lipinski definition) is 1. The molecule has 0 aromatic heterocycles. The van der Waals surface area contributed by atoms with Crippen LogP contribution in [-0.2, 0) is 19.9 Å². The van der Waals surface area contributed by atoms with E-state index in [9.17, 15) is 9.59 Å². The van der Waals surface area contributed by atoms with Gasteiger partial charge in [0.15, 0.2) is 0 Å². The number of carbonyl (C=O) groups excluding carboxylic acids is 2. The first kappa shape index (κ1) is 35.4. The molecule has 51 heavy (non-hydrogen) atoms. The fourth-order valence-corrected chi connectivity index (χ4v) is 7.12. The van der Waals surface area contributed by atoms with E-state index in [1.165, 1.54) is 12.2 Å². The van der Waals surface area contributed by atoms with Crippen molar-refractivity contribution < 1.29 is 19.2 Å². The minimum absolute atomic E-state index is 0.185. The van der Waals surface area contributed by atoms with Crippen LogP contribution in [0.3, 0.4) is 0 Å². The van der Waals surface area contributed by atoms with Crippen molar-refractivity contribution in [3.05, 3.63) is 167 Å². The van der Waals surface area contributed by atoms with Crippen LogP contribution in [0.15, 0.2) is 154 Å². The van der Waals surface area contributed by atoms with Crippen molar-refractivity contribution in [2.45, 2.75) is 42.0 Å². The van der Waals surface area contributed by atoms with Crippen molar-refractivity contribution in [1.82, 2.24) is 10.4 Å². The molecule has 0 saturated carbocycles. The molecule has 0 saturated heterocycles. The summed E-state index contributed by atoms with van der Waals surface area (Å²) in [6.45, 7) is 4.77. The third-order valence-corrected chi connectivity index (χ3v) is 9.62. The molecular weight excluding hydrogens is 655 g/mol. The number of methoxy groups -OCH3 is 1. The van der Waals surface area contributed by atoms with Gasteiger partial charge in [-0.2, -0.15) is 0 Å². The van der Waals surface area contributed by atoms with Crippen LogP contribution in [0.5, 0.6) is 0 Å². The molecule has 5 aromatic rings. The first-order valence-electron chi connectivity index (χ1n) is 17.1. The Labute approximate surface area is 304 Å². The number of nitrogens with zero attached hydrogens (tertiary/aromatic N) is 2. The number of amides is 1. The average molecular weight is 696 g/mol. The van der Waals surface area contributed by atoms with Crippen LogP contribution in [0, 0.1) is 0 Å². The molecule has 0 atom stereocenters. The van der Waals surface area contributed by atoms with Gasteiger partial charge in [-0.15, -0.1) is 0 Å². The monoisotopic (exact) mass is 695 g/mol. The fourth-order valence-electron chi connectivity index (χ4n) is 6.27. The largest absolute Gasteiger partial charge is 0.465 e. The number of benzene rings is 5. The lowest BCUT2D eigenvalue weighted by atomic mass is 9.76. The number of nitrogens with one attached hydrogen (secondary N) is 1. The van der Waals surface area contributed by atoms with Gasteiger partial charge in [-0.05, 0) is 72.5 Å². The van der Waals surface area contributed by atoms with E-state index >= 15 is 0 Å². The summed E-state index contributed by atoms with van der Waals surface area (Å²) < 4.78 is 4.86. The standard InChI is InChI=1S/C43H41N3O4S/c1-4-27-46(50-5-2)41(47)33-28-32-23-26-38(51-37-24-21-31(22-25-37)42(48)49-3)30-39(32)44-40(29-33)45-43(34-15-9-6-10-16-34,35-17-11-7-12-18-35)36-19-13-8-14-20-36/h6-26,28,30H,4-5,27,29H2,1-3H3,(H,44,45). The molecule has 8 heteroatoms. The van der Waals surface area contributed by atoms with Crippen molar-refractivity contribution in [1.29, 1.82) is 0 Å². The highest BCUT2D eigenvalue weighted by Crippen LogP contribution is 2.39. The molecule has 1 aliphatic rings. The average Bonchev–Trinajstić information content (AvgIpc) is 3.36. The van der Waals surface area contributed by atoms with Crippen LogP contribution in [-0.4, -0.2) is 43.0 Å². The number of ether oxygens (including phenoxy) is 1. The van der Waals surface area contributed by atoms with Crippen LogP contribution in [0.4, 0.5) is 5.69 Å². The van der Waals surface area contributed by atoms with E-state index in [1.807, 2.05) is 105 Å². The highest BCUT2D eigenvalue weighted by atomic mass is 32.2. The second-order valence-electron chi connectivity index (χ2n) is 12.0. The number of rotatable bonds is 12. The summed E-state index contributed by atoms with van der Waals surface area (Å²) in [6.07, 6.45) is 2.95. The molecule has 0 spiro atoms. The predicted octanol–water partition coefficient (Wildman–Crippen LogP) is 9.21. The Morgan fingerprint density at radius 1 is 0.784 bits per heavy atom. The molecule has 1 heterocycles. The van der Waals surface area contributed by atoms with E-state index in [1.54, 1.807) is 23.9 Å². The molecule has 7 nitrogen and oxygen atoms in total. The Morgan fingerprint density at radius 3 is 1.88 bits per heavy atom. The molecule has 0 radical (unpaired) electrons. The van der Waals surface area contributed by atoms with Gasteiger partial charge in [0, 0.05) is 33.9 Å². The van der Waals surface area contributed by atoms with E-state index in [0.717, 1.165) is 44.2 Å². The van der Waals surface area contributed by atoms with Crippen LogP contribution in [0.25, 0.3) is 6.08 Å². The molecule has 0 bridgehead atoms. The third kappa shape index (κ3) is 7.98. The quantitative estimate of drug-likeness (QED) is 0.0797. The van der Waals surface area contributed by atoms with Crippen molar-refractivity contribution in [2.24, 2.45) is 4.99 Å². The highest BCUT2D eigenvalue weighted by molar-refractivity contribution is 7.99. The van der Waals surface area contributed by atoms with Gasteiger partial charge < -0.3 is 10.1 Å². The number of hydrogen-bond acceptors (Lipinski definition) is 7. The number of aliphatic imine (C=N–C) groups is 1. The van der Waals surface area contributed by atoms with Crippen molar-refractivity contribution in [3.8, 4) is 0 Å². The number of amidine groups is 1. The molecule has 1 N–H and O–H groups in total. The maximum atomic E-state index is 14.2. The Morgan fingerprint density at radius 2 is 1.35 bits per heavy atom. The zero-order valence-electron chi connectivity index (χ0n) is 29.0. The Balaban J connectivity index is 1.48. The molecule has 1 amide bonds. The Bertz CT molecular complexity index is 1910. The lowest BCUT2D eigenvalue weighted by Crippen LogP contribution is -2.48. The Kier molecular flexibility index (Phi) is 11.5. The summed E-state index contributed by atoms with van der Waals surface area (Å²) in [7, 11) is 1.37. The molecule has 5 aromatic carbocycles. The molecule has 0 fully saturated rings. The van der Waals surface area contributed by atoms with E-state index < -0.39 is 5.54 Å². The summed E-state index contributed by atoms with van der Waals surface area (Å²) in [5.74, 6) is 0.0832. The van der Waals surface area contributed by atoms with Crippen molar-refractivity contribution >= 4 is 41.2 Å². The maximum absolute atomic E-state index is 14.2. The van der Waals surface area contributed by atoms with E-state index in [0.29, 0.717) is 30.1 Å². The van der Waals surface area contributed by atoms with Crippen molar-refractivity contribution in [2.75, 3.05) is 20.3 Å². The SMILES string of the molecule is CCCN(OCC)C(=O)C1=Cc2ccc(Sc3ccc(C(=O)OC)cc3)cc2N=C(NC(c2ccccc2)(c2ccccc2)c2ccccc2)C1. The number of carbonyl (C=O) groups is 2. The van der Waals surface area contributed by atoms with Crippen LogP contribution in [0.2, 0.25) is 0 Å². The lowest BCUT2D eigenvalue weighted by Gasteiger charge is -2.38. The van der Waals surface area contributed by atoms with Crippen LogP contribution >= 0.6 is 11.8 Å². The van der Waals surface area contributed by atoms with Gasteiger partial charge in [0.2, 0.25) is 0 Å². The minimum atomic E-state index is -0.835. The lowest BCUT2D eigenvalue weighted by molar-refractivity contribution is -0.180. The molecule has 1 aliphatic heterocycles. The summed E-state index contributed by atoms with van der Waals surface area (Å²) in [6, 6.07) is 44.4. The zero-order chi connectivity index (χ0) is 35.6. The normalized spacial score (nSPS) is 12.5. The van der Waals surface area contributed by atoms with Gasteiger partial charge >= 0.3 is 5.97 Å². The van der Waals surface area contributed by atoms with Crippen LogP contribution in [0.1, 0.15) is 59.3 Å². The Hall–Kier alpha value is -5.44. The molecule has 0 unspecified atom stereocenters. The third-order valence-electron chi connectivity index (χ3n) is 8.62. The number of esters is 1. The summed E-state index contributed by atoms with van der Waals surface area (Å²) in [4.78, 5) is 39.2. The smallest absolute Gasteiger partial charge is 0.337 e. The van der Waals surface area contributed by atoms with Gasteiger partial charge in [0.25, 0.3) is 5.91 Å². The minimum Gasteiger partial charge on any atom is -0.465 e. The molecule has 0 aliphatic carbocycles. The summed E-state index contributed by atoms with van der Waals surface area (Å²) >= 11 is 1.57. The van der Waals surface area contributed by atoms with Gasteiger partial charge in [-0.3, -0.25) is 9.63 Å². The van der Waals surface area contributed by atoms with E-state index in [-0.39, 0.29) is 18.3 Å². The molecular formula is C43H41N3O4S. The van der Waals surface area contributed by atoms with Gasteiger partial charge in [-0.1, -0.05) is 116 Å². The maximum Gasteiger partial charge on any atom is 0.337 e. The second kappa shape index (κ2) is 16.5.